The minimum atomic E-state index is 0.00861. The molecular weight excluding hydrogens is 328 g/mol. The van der Waals surface area contributed by atoms with E-state index in [4.69, 9.17) is 9.40 Å². The van der Waals surface area contributed by atoms with E-state index in [9.17, 15) is 4.79 Å². The van der Waals surface area contributed by atoms with Gasteiger partial charge >= 0.3 is 0 Å². The molecule has 0 bridgehead atoms. The smallest absolute Gasteiger partial charge is 0.259 e. The molecule has 1 aromatic carbocycles. The molecule has 6 heteroatoms. The van der Waals surface area contributed by atoms with E-state index < -0.39 is 0 Å². The van der Waals surface area contributed by atoms with Gasteiger partial charge in [0.05, 0.1) is 26.1 Å². The Morgan fingerprint density at radius 1 is 1.12 bits per heavy atom. The molecular formula is C20H22N4O2. The minimum absolute atomic E-state index is 0.00861. The second kappa shape index (κ2) is 6.46. The van der Waals surface area contributed by atoms with Gasteiger partial charge < -0.3 is 4.42 Å². The lowest BCUT2D eigenvalue weighted by Crippen LogP contribution is -2.47. The third-order valence-corrected chi connectivity index (χ3v) is 4.81. The largest absolute Gasteiger partial charge is 0.468 e. The number of fused-ring (bicyclic) bond motifs is 1. The fourth-order valence-corrected chi connectivity index (χ4v) is 3.30. The third-order valence-electron chi connectivity index (χ3n) is 4.81. The SMILES string of the molecule is Cc1cccc(N2CN(Cc3ccco3)Cn3c2nc(C)c(C)c3=O)c1. The van der Waals surface area contributed by atoms with E-state index in [0.29, 0.717) is 31.4 Å². The Labute approximate surface area is 152 Å². The van der Waals surface area contributed by atoms with Crippen LogP contribution in [-0.4, -0.2) is 21.1 Å². The van der Waals surface area contributed by atoms with Crippen LogP contribution in [0, 0.1) is 20.8 Å². The number of aromatic nitrogens is 2. The van der Waals surface area contributed by atoms with Gasteiger partial charge in [-0.1, -0.05) is 12.1 Å². The lowest BCUT2D eigenvalue weighted by molar-refractivity contribution is 0.176. The normalized spacial score (nSPS) is 14.5. The Balaban J connectivity index is 1.81. The number of hydrogen-bond acceptors (Lipinski definition) is 5. The highest BCUT2D eigenvalue weighted by atomic mass is 16.3. The van der Waals surface area contributed by atoms with Crippen molar-refractivity contribution in [2.45, 2.75) is 34.0 Å². The summed E-state index contributed by atoms with van der Waals surface area (Å²) in [6, 6.07) is 12.1. The molecule has 0 aliphatic carbocycles. The van der Waals surface area contributed by atoms with E-state index in [2.05, 4.69) is 34.9 Å². The fraction of sp³-hybridized carbons (Fsp3) is 0.300. The van der Waals surface area contributed by atoms with Gasteiger partial charge in [-0.3, -0.25) is 19.2 Å². The quantitative estimate of drug-likeness (QED) is 0.725. The average molecular weight is 350 g/mol. The summed E-state index contributed by atoms with van der Waals surface area (Å²) < 4.78 is 7.24. The van der Waals surface area contributed by atoms with Gasteiger partial charge in [0.1, 0.15) is 5.76 Å². The zero-order valence-corrected chi connectivity index (χ0v) is 15.3. The van der Waals surface area contributed by atoms with Crippen molar-refractivity contribution < 1.29 is 4.42 Å². The summed E-state index contributed by atoms with van der Waals surface area (Å²) in [7, 11) is 0. The van der Waals surface area contributed by atoms with E-state index in [1.807, 2.05) is 32.0 Å². The van der Waals surface area contributed by atoms with Crippen molar-refractivity contribution in [1.82, 2.24) is 14.5 Å². The van der Waals surface area contributed by atoms with Crippen molar-refractivity contribution in [3.8, 4) is 0 Å². The molecule has 2 aromatic heterocycles. The first kappa shape index (κ1) is 16.6. The van der Waals surface area contributed by atoms with E-state index in [0.717, 1.165) is 17.1 Å². The van der Waals surface area contributed by atoms with Crippen LogP contribution >= 0.6 is 0 Å². The minimum Gasteiger partial charge on any atom is -0.468 e. The van der Waals surface area contributed by atoms with Gasteiger partial charge in [0, 0.05) is 16.9 Å². The maximum absolute atomic E-state index is 12.9. The maximum atomic E-state index is 12.9. The molecule has 4 rings (SSSR count). The maximum Gasteiger partial charge on any atom is 0.259 e. The van der Waals surface area contributed by atoms with Gasteiger partial charge in [0.15, 0.2) is 0 Å². The third kappa shape index (κ3) is 2.93. The molecule has 0 saturated carbocycles. The highest BCUT2D eigenvalue weighted by Crippen LogP contribution is 2.28. The van der Waals surface area contributed by atoms with Crippen LogP contribution in [0.4, 0.5) is 11.6 Å². The molecule has 134 valence electrons. The van der Waals surface area contributed by atoms with Crippen molar-refractivity contribution in [1.29, 1.82) is 0 Å². The van der Waals surface area contributed by atoms with Gasteiger partial charge in [-0.2, -0.15) is 0 Å². The Bertz CT molecular complexity index is 992. The number of aryl methyl sites for hydroxylation is 2. The molecule has 0 radical (unpaired) electrons. The van der Waals surface area contributed by atoms with Crippen LogP contribution in [0.5, 0.6) is 0 Å². The molecule has 0 saturated heterocycles. The summed E-state index contributed by atoms with van der Waals surface area (Å²) in [5, 5.41) is 0. The fourth-order valence-electron chi connectivity index (χ4n) is 3.30. The van der Waals surface area contributed by atoms with Gasteiger partial charge in [-0.15, -0.1) is 0 Å². The van der Waals surface area contributed by atoms with Gasteiger partial charge in [-0.05, 0) is 50.6 Å². The zero-order valence-electron chi connectivity index (χ0n) is 15.3. The average Bonchev–Trinajstić information content (AvgIpc) is 3.13. The topological polar surface area (TPSA) is 54.5 Å². The monoisotopic (exact) mass is 350 g/mol. The summed E-state index contributed by atoms with van der Waals surface area (Å²) in [5.74, 6) is 1.57. The molecule has 26 heavy (non-hydrogen) atoms. The van der Waals surface area contributed by atoms with Crippen LogP contribution in [-0.2, 0) is 13.2 Å². The second-order valence-corrected chi connectivity index (χ2v) is 6.81. The molecule has 1 aliphatic rings. The molecule has 0 amide bonds. The van der Waals surface area contributed by atoms with E-state index in [1.54, 1.807) is 10.8 Å². The highest BCUT2D eigenvalue weighted by molar-refractivity contribution is 5.59. The van der Waals surface area contributed by atoms with Crippen LogP contribution in [0.3, 0.4) is 0 Å². The number of benzene rings is 1. The predicted molar refractivity (Wildman–Crippen MR) is 100 cm³/mol. The molecule has 0 spiro atoms. The number of nitrogens with zero attached hydrogens (tertiary/aromatic N) is 4. The molecule has 1 aliphatic heterocycles. The number of rotatable bonds is 3. The molecule has 3 heterocycles. The van der Waals surface area contributed by atoms with Crippen molar-refractivity contribution in [3.63, 3.8) is 0 Å². The Hall–Kier alpha value is -2.86. The van der Waals surface area contributed by atoms with Crippen LogP contribution < -0.4 is 10.5 Å². The van der Waals surface area contributed by atoms with Crippen molar-refractivity contribution in [2.24, 2.45) is 0 Å². The van der Waals surface area contributed by atoms with Gasteiger partial charge in [0.2, 0.25) is 5.95 Å². The van der Waals surface area contributed by atoms with Crippen molar-refractivity contribution in [3.05, 3.63) is 75.6 Å². The highest BCUT2D eigenvalue weighted by Gasteiger charge is 2.27. The summed E-state index contributed by atoms with van der Waals surface area (Å²) in [5.41, 5.74) is 3.67. The summed E-state index contributed by atoms with van der Waals surface area (Å²) in [6.07, 6.45) is 1.67. The van der Waals surface area contributed by atoms with Crippen LogP contribution in [0.15, 0.2) is 51.9 Å². The second-order valence-electron chi connectivity index (χ2n) is 6.81. The first-order chi connectivity index (χ1) is 12.5. The first-order valence-electron chi connectivity index (χ1n) is 8.70. The van der Waals surface area contributed by atoms with Crippen molar-refractivity contribution >= 4 is 11.6 Å². The van der Waals surface area contributed by atoms with Crippen molar-refractivity contribution in [2.75, 3.05) is 11.6 Å². The van der Waals surface area contributed by atoms with Crippen LogP contribution in [0.25, 0.3) is 0 Å². The molecule has 6 nitrogen and oxygen atoms in total. The van der Waals surface area contributed by atoms with Crippen LogP contribution in [0.1, 0.15) is 22.6 Å². The van der Waals surface area contributed by atoms with Gasteiger partial charge in [0.25, 0.3) is 5.56 Å². The van der Waals surface area contributed by atoms with E-state index >= 15 is 0 Å². The molecule has 0 atom stereocenters. The Morgan fingerprint density at radius 2 is 1.96 bits per heavy atom. The van der Waals surface area contributed by atoms with E-state index in [1.165, 1.54) is 5.56 Å². The molecule has 3 aromatic rings. The summed E-state index contributed by atoms with van der Waals surface area (Å²) >= 11 is 0. The lowest BCUT2D eigenvalue weighted by atomic mass is 10.2. The summed E-state index contributed by atoms with van der Waals surface area (Å²) in [4.78, 5) is 21.9. The van der Waals surface area contributed by atoms with Crippen LogP contribution in [0.2, 0.25) is 0 Å². The number of furan rings is 1. The number of hydrogen-bond donors (Lipinski definition) is 0. The molecule has 0 unspecified atom stereocenters. The standard InChI is InChI=1S/C20H22N4O2/c1-14-6-4-7-17(10-14)23-12-22(11-18-8-5-9-26-18)13-24-19(25)15(2)16(3)21-20(23)24/h4-10H,11-13H2,1-3H3. The zero-order chi connectivity index (χ0) is 18.3. The van der Waals surface area contributed by atoms with E-state index in [-0.39, 0.29) is 5.56 Å². The summed E-state index contributed by atoms with van der Waals surface area (Å²) in [6.45, 7) is 7.55. The van der Waals surface area contributed by atoms with Gasteiger partial charge in [-0.25, -0.2) is 4.98 Å². The number of anilines is 2. The first-order valence-corrected chi connectivity index (χ1v) is 8.70. The molecule has 0 N–H and O–H groups in total. The Kier molecular flexibility index (Phi) is 4.12. The Morgan fingerprint density at radius 3 is 2.69 bits per heavy atom. The predicted octanol–water partition coefficient (Wildman–Crippen LogP) is 3.33. The molecule has 0 fully saturated rings. The lowest BCUT2D eigenvalue weighted by Gasteiger charge is -2.38.